The first-order chi connectivity index (χ1) is 9.60. The van der Waals surface area contributed by atoms with Crippen LogP contribution in [0.3, 0.4) is 0 Å². The Labute approximate surface area is 117 Å². The smallest absolute Gasteiger partial charge is 0.223 e. The number of nitrogens with one attached hydrogen (secondary N) is 1. The molecule has 0 spiro atoms. The number of aryl methyl sites for hydroxylation is 1. The van der Waals surface area contributed by atoms with E-state index in [0.29, 0.717) is 24.7 Å². The van der Waals surface area contributed by atoms with E-state index in [9.17, 15) is 5.11 Å². The Kier molecular flexibility index (Phi) is 4.57. The van der Waals surface area contributed by atoms with Crippen LogP contribution < -0.4 is 10.1 Å². The number of benzene rings is 1. The van der Waals surface area contributed by atoms with Crippen molar-refractivity contribution >= 4 is 0 Å². The number of rotatable bonds is 6. The summed E-state index contributed by atoms with van der Waals surface area (Å²) in [4.78, 5) is 4.14. The van der Waals surface area contributed by atoms with Crippen LogP contribution in [0.25, 0.3) is 0 Å². The molecule has 0 amide bonds. The van der Waals surface area contributed by atoms with E-state index in [0.717, 1.165) is 11.3 Å². The molecule has 0 saturated carbocycles. The van der Waals surface area contributed by atoms with Gasteiger partial charge in [0.05, 0.1) is 7.11 Å². The molecule has 0 aliphatic carbocycles. The van der Waals surface area contributed by atoms with Gasteiger partial charge in [-0.1, -0.05) is 5.16 Å². The van der Waals surface area contributed by atoms with Crippen LogP contribution in [0.4, 0.5) is 0 Å². The maximum absolute atomic E-state index is 9.89. The Balaban J connectivity index is 1.92. The molecule has 20 heavy (non-hydrogen) atoms. The largest absolute Gasteiger partial charge is 0.508 e. The highest BCUT2D eigenvalue weighted by Crippen LogP contribution is 2.28. The van der Waals surface area contributed by atoms with Gasteiger partial charge < -0.3 is 19.7 Å². The van der Waals surface area contributed by atoms with Gasteiger partial charge in [-0.3, -0.25) is 0 Å². The van der Waals surface area contributed by atoms with Crippen LogP contribution in [-0.2, 0) is 6.42 Å². The zero-order chi connectivity index (χ0) is 14.5. The molecule has 2 rings (SSSR count). The third-order valence-electron chi connectivity index (χ3n) is 3.07. The number of hydrogen-bond donors (Lipinski definition) is 2. The molecule has 1 aromatic heterocycles. The fourth-order valence-electron chi connectivity index (χ4n) is 1.96. The summed E-state index contributed by atoms with van der Waals surface area (Å²) in [6.45, 7) is 4.44. The minimum atomic E-state index is -0.00176. The maximum atomic E-state index is 9.89. The summed E-state index contributed by atoms with van der Waals surface area (Å²) in [5.74, 6) is 2.22. The van der Waals surface area contributed by atoms with Crippen LogP contribution in [0.15, 0.2) is 22.7 Å². The second-order valence-corrected chi connectivity index (χ2v) is 4.58. The minimum absolute atomic E-state index is 0.00176. The fraction of sp³-hybridized carbons (Fsp3) is 0.429. The van der Waals surface area contributed by atoms with Gasteiger partial charge in [0.2, 0.25) is 5.89 Å². The second kappa shape index (κ2) is 6.38. The average Bonchev–Trinajstić information content (AvgIpc) is 2.85. The fourth-order valence-corrected chi connectivity index (χ4v) is 1.96. The molecule has 1 unspecified atom stereocenters. The molecule has 1 heterocycles. The van der Waals surface area contributed by atoms with Crippen LogP contribution in [0.2, 0.25) is 0 Å². The summed E-state index contributed by atoms with van der Waals surface area (Å²) < 4.78 is 10.1. The monoisotopic (exact) mass is 277 g/mol. The van der Waals surface area contributed by atoms with Crippen LogP contribution in [-0.4, -0.2) is 28.9 Å². The first-order valence-corrected chi connectivity index (χ1v) is 6.49. The first-order valence-electron chi connectivity index (χ1n) is 6.49. The van der Waals surface area contributed by atoms with Gasteiger partial charge in [0, 0.05) is 31.5 Å². The van der Waals surface area contributed by atoms with E-state index >= 15 is 0 Å². The highest BCUT2D eigenvalue weighted by atomic mass is 16.5. The van der Waals surface area contributed by atoms with E-state index in [1.54, 1.807) is 26.2 Å². The van der Waals surface area contributed by atoms with Gasteiger partial charge in [0.15, 0.2) is 5.82 Å². The summed E-state index contributed by atoms with van der Waals surface area (Å²) in [5.41, 5.74) is 0.800. The molecular formula is C14H19N3O3. The predicted molar refractivity (Wildman–Crippen MR) is 73.8 cm³/mol. The van der Waals surface area contributed by atoms with Crippen molar-refractivity contribution in [2.24, 2.45) is 0 Å². The number of phenolic OH excluding ortho intramolecular Hbond substituents is 1. The molecule has 0 aliphatic heterocycles. The molecule has 108 valence electrons. The zero-order valence-electron chi connectivity index (χ0n) is 11.9. The predicted octanol–water partition coefficient (Wildman–Crippen LogP) is 1.99. The summed E-state index contributed by atoms with van der Waals surface area (Å²) in [6.07, 6.45) is 0.673. The van der Waals surface area contributed by atoms with E-state index in [2.05, 4.69) is 15.5 Å². The highest BCUT2D eigenvalue weighted by molar-refractivity contribution is 5.41. The molecule has 0 aliphatic rings. The van der Waals surface area contributed by atoms with Crippen molar-refractivity contribution < 1.29 is 14.4 Å². The third-order valence-corrected chi connectivity index (χ3v) is 3.07. The van der Waals surface area contributed by atoms with E-state index in [4.69, 9.17) is 9.26 Å². The lowest BCUT2D eigenvalue weighted by Crippen LogP contribution is -2.21. The summed E-state index contributed by atoms with van der Waals surface area (Å²) >= 11 is 0. The Hall–Kier alpha value is -2.08. The molecule has 2 N–H and O–H groups in total. The van der Waals surface area contributed by atoms with Gasteiger partial charge in [-0.05, 0) is 25.1 Å². The van der Waals surface area contributed by atoms with Gasteiger partial charge in [0.1, 0.15) is 11.5 Å². The highest BCUT2D eigenvalue weighted by Gasteiger charge is 2.11. The van der Waals surface area contributed by atoms with Crippen molar-refractivity contribution in [3.05, 3.63) is 35.5 Å². The van der Waals surface area contributed by atoms with Gasteiger partial charge in [0.25, 0.3) is 0 Å². The van der Waals surface area contributed by atoms with Crippen molar-refractivity contribution in [2.45, 2.75) is 26.3 Å². The number of ether oxygens (including phenoxy) is 1. The lowest BCUT2D eigenvalue weighted by Gasteiger charge is -2.16. The molecule has 1 atom stereocenters. The van der Waals surface area contributed by atoms with E-state index in [-0.39, 0.29) is 11.8 Å². The van der Waals surface area contributed by atoms with Crippen LogP contribution in [0.1, 0.15) is 30.2 Å². The van der Waals surface area contributed by atoms with E-state index < -0.39 is 0 Å². The van der Waals surface area contributed by atoms with Crippen LogP contribution in [0, 0.1) is 6.92 Å². The summed E-state index contributed by atoms with van der Waals surface area (Å²) in [7, 11) is 1.60. The Morgan fingerprint density at radius 2 is 2.25 bits per heavy atom. The normalized spacial score (nSPS) is 12.3. The Morgan fingerprint density at radius 3 is 2.90 bits per heavy atom. The molecule has 0 radical (unpaired) electrons. The molecule has 6 heteroatoms. The van der Waals surface area contributed by atoms with E-state index in [1.807, 2.05) is 13.0 Å². The molecule has 2 aromatic rings. The molecule has 0 bridgehead atoms. The van der Waals surface area contributed by atoms with Gasteiger partial charge >= 0.3 is 0 Å². The van der Waals surface area contributed by atoms with E-state index in [1.165, 1.54) is 0 Å². The van der Waals surface area contributed by atoms with Crippen molar-refractivity contribution in [2.75, 3.05) is 13.7 Å². The zero-order valence-corrected chi connectivity index (χ0v) is 11.9. The Bertz CT molecular complexity index is 569. The van der Waals surface area contributed by atoms with Crippen molar-refractivity contribution in [3.63, 3.8) is 0 Å². The molecular weight excluding hydrogens is 258 g/mol. The maximum Gasteiger partial charge on any atom is 0.223 e. The number of hydrogen-bond acceptors (Lipinski definition) is 6. The van der Waals surface area contributed by atoms with Crippen molar-refractivity contribution in [1.29, 1.82) is 0 Å². The minimum Gasteiger partial charge on any atom is -0.508 e. The standard InChI is InChI=1S/C14H19N3O3/c1-9(12-8-11(19-3)4-5-13(12)18)15-7-6-14-16-10(2)20-17-14/h4-5,8-9,15,18H,6-7H2,1-3H3. The van der Waals surface area contributed by atoms with Gasteiger partial charge in [-0.2, -0.15) is 4.98 Å². The quantitative estimate of drug-likeness (QED) is 0.840. The molecule has 0 fully saturated rings. The lowest BCUT2D eigenvalue weighted by molar-refractivity contribution is 0.386. The van der Waals surface area contributed by atoms with Crippen LogP contribution in [0.5, 0.6) is 11.5 Å². The molecule has 6 nitrogen and oxygen atoms in total. The molecule has 1 aromatic carbocycles. The number of nitrogens with zero attached hydrogens (tertiary/aromatic N) is 2. The van der Waals surface area contributed by atoms with Gasteiger partial charge in [-0.15, -0.1) is 0 Å². The van der Waals surface area contributed by atoms with Crippen LogP contribution >= 0.6 is 0 Å². The second-order valence-electron chi connectivity index (χ2n) is 4.58. The van der Waals surface area contributed by atoms with Crippen molar-refractivity contribution in [3.8, 4) is 11.5 Å². The first kappa shape index (κ1) is 14.3. The molecule has 0 saturated heterocycles. The lowest BCUT2D eigenvalue weighted by atomic mass is 10.1. The number of phenols is 1. The topological polar surface area (TPSA) is 80.4 Å². The number of aromatic hydroxyl groups is 1. The average molecular weight is 277 g/mol. The van der Waals surface area contributed by atoms with Crippen molar-refractivity contribution in [1.82, 2.24) is 15.5 Å². The third kappa shape index (κ3) is 3.48. The van der Waals surface area contributed by atoms with Gasteiger partial charge in [-0.25, -0.2) is 0 Å². The number of aromatic nitrogens is 2. The Morgan fingerprint density at radius 1 is 1.45 bits per heavy atom. The SMILES string of the molecule is COc1ccc(O)c(C(C)NCCc2noc(C)n2)c1. The number of methoxy groups -OCH3 is 1. The summed E-state index contributed by atoms with van der Waals surface area (Å²) in [6, 6.07) is 5.19. The summed E-state index contributed by atoms with van der Waals surface area (Å²) in [5, 5.41) is 17.0.